The fourth-order valence-corrected chi connectivity index (χ4v) is 6.33. The van der Waals surface area contributed by atoms with Gasteiger partial charge in [0, 0.05) is 30.4 Å². The molecule has 4 aromatic rings. The van der Waals surface area contributed by atoms with Crippen molar-refractivity contribution in [3.63, 3.8) is 0 Å². The van der Waals surface area contributed by atoms with Crippen LogP contribution in [0.3, 0.4) is 0 Å². The quantitative estimate of drug-likeness (QED) is 0.248. The minimum Gasteiger partial charge on any atom is -0.467 e. The first-order valence-corrected chi connectivity index (χ1v) is 14.5. The first kappa shape index (κ1) is 28.0. The van der Waals surface area contributed by atoms with Crippen LogP contribution in [0.4, 0.5) is 0 Å². The molecule has 0 saturated carbocycles. The molecule has 41 heavy (non-hydrogen) atoms. The number of hydrogen-bond acceptors (Lipinski definition) is 7. The zero-order valence-electron chi connectivity index (χ0n) is 22.6. The zero-order valence-corrected chi connectivity index (χ0v) is 23.4. The van der Waals surface area contributed by atoms with E-state index in [0.29, 0.717) is 22.6 Å². The molecule has 210 valence electrons. The normalized spacial score (nSPS) is 18.1. The number of ether oxygens (including phenoxy) is 1. The number of rotatable bonds is 8. The number of furan rings is 1. The number of nitrogens with zero attached hydrogens (tertiary/aromatic N) is 4. The number of hydrogen-bond donors (Lipinski definition) is 1. The van der Waals surface area contributed by atoms with Crippen molar-refractivity contribution >= 4 is 22.0 Å². The van der Waals surface area contributed by atoms with Crippen LogP contribution in [0, 0.1) is 11.3 Å². The van der Waals surface area contributed by atoms with Crippen LogP contribution < -0.4 is 5.32 Å². The number of carbonyl (C=O) groups is 1. The summed E-state index contributed by atoms with van der Waals surface area (Å²) in [6.07, 6.45) is 4.21. The summed E-state index contributed by atoms with van der Waals surface area (Å²) < 4.78 is 41.2. The number of para-hydroxylation sites is 1. The van der Waals surface area contributed by atoms with Crippen molar-refractivity contribution < 1.29 is 22.4 Å². The highest BCUT2D eigenvalue weighted by molar-refractivity contribution is 7.89. The summed E-state index contributed by atoms with van der Waals surface area (Å²) in [6, 6.07) is 21.3. The SMILES string of the molecule is CC1CN(S(=O)(=O)c2cccc(-c3nn(-c4ccccc4)cc3/C=C(/C#N)C(=O)NCc3ccco3)c2)CC(C)O1. The Hall–Kier alpha value is -4.50. The maximum Gasteiger partial charge on any atom is 0.262 e. The van der Waals surface area contributed by atoms with Gasteiger partial charge in [-0.25, -0.2) is 13.1 Å². The lowest BCUT2D eigenvalue weighted by Gasteiger charge is -2.34. The third-order valence-electron chi connectivity index (χ3n) is 6.56. The Kier molecular flexibility index (Phi) is 8.16. The van der Waals surface area contributed by atoms with E-state index in [9.17, 15) is 18.5 Å². The third-order valence-corrected chi connectivity index (χ3v) is 8.39. The summed E-state index contributed by atoms with van der Waals surface area (Å²) in [5.41, 5.74) is 2.04. The van der Waals surface area contributed by atoms with Gasteiger partial charge < -0.3 is 14.5 Å². The first-order valence-electron chi connectivity index (χ1n) is 13.1. The summed E-state index contributed by atoms with van der Waals surface area (Å²) in [6.45, 7) is 4.33. The van der Waals surface area contributed by atoms with Gasteiger partial charge in [-0.3, -0.25) is 4.79 Å². The Labute approximate surface area is 238 Å². The molecule has 1 N–H and O–H groups in total. The van der Waals surface area contributed by atoms with Crippen LogP contribution in [0.5, 0.6) is 0 Å². The summed E-state index contributed by atoms with van der Waals surface area (Å²) in [5, 5.41) is 17.2. The number of amides is 1. The molecule has 0 bridgehead atoms. The molecular weight excluding hydrogens is 542 g/mol. The number of carbonyl (C=O) groups excluding carboxylic acids is 1. The van der Waals surface area contributed by atoms with E-state index in [4.69, 9.17) is 14.3 Å². The van der Waals surface area contributed by atoms with Gasteiger partial charge in [-0.05, 0) is 56.3 Å². The van der Waals surface area contributed by atoms with E-state index in [0.717, 1.165) is 5.69 Å². The smallest absolute Gasteiger partial charge is 0.262 e. The van der Waals surface area contributed by atoms with Crippen molar-refractivity contribution in [1.82, 2.24) is 19.4 Å². The molecule has 2 atom stereocenters. The second kappa shape index (κ2) is 11.9. The van der Waals surface area contributed by atoms with Gasteiger partial charge in [-0.1, -0.05) is 30.3 Å². The van der Waals surface area contributed by atoms with E-state index in [1.54, 1.807) is 47.3 Å². The zero-order chi connectivity index (χ0) is 29.0. The molecule has 1 amide bonds. The molecule has 1 fully saturated rings. The highest BCUT2D eigenvalue weighted by atomic mass is 32.2. The van der Waals surface area contributed by atoms with Gasteiger partial charge in [0.15, 0.2) is 0 Å². The number of sulfonamides is 1. The maximum absolute atomic E-state index is 13.6. The lowest BCUT2D eigenvalue weighted by molar-refractivity contribution is -0.117. The second-order valence-corrected chi connectivity index (χ2v) is 11.7. The van der Waals surface area contributed by atoms with E-state index in [2.05, 4.69) is 5.32 Å². The van der Waals surface area contributed by atoms with Crippen molar-refractivity contribution in [2.24, 2.45) is 0 Å². The number of aromatic nitrogens is 2. The largest absolute Gasteiger partial charge is 0.467 e. The van der Waals surface area contributed by atoms with Gasteiger partial charge in [0.1, 0.15) is 23.1 Å². The van der Waals surface area contributed by atoms with Crippen LogP contribution in [0.25, 0.3) is 23.0 Å². The fraction of sp³-hybridized carbons (Fsp3) is 0.233. The molecular formula is C30H29N5O5S. The van der Waals surface area contributed by atoms with Gasteiger partial charge >= 0.3 is 0 Å². The molecule has 2 aromatic heterocycles. The van der Waals surface area contributed by atoms with Crippen LogP contribution in [-0.2, 0) is 26.1 Å². The van der Waals surface area contributed by atoms with Gasteiger partial charge in [0.2, 0.25) is 10.0 Å². The lowest BCUT2D eigenvalue weighted by atomic mass is 10.1. The Balaban J connectivity index is 1.53. The number of benzene rings is 2. The summed E-state index contributed by atoms with van der Waals surface area (Å²) in [4.78, 5) is 13.0. The van der Waals surface area contributed by atoms with Crippen molar-refractivity contribution in [3.05, 3.63) is 96.1 Å². The summed E-state index contributed by atoms with van der Waals surface area (Å²) in [7, 11) is -3.81. The average molecular weight is 572 g/mol. The second-order valence-electron chi connectivity index (χ2n) is 9.75. The summed E-state index contributed by atoms with van der Waals surface area (Å²) >= 11 is 0. The monoisotopic (exact) mass is 571 g/mol. The van der Waals surface area contributed by atoms with E-state index >= 15 is 0 Å². The van der Waals surface area contributed by atoms with Crippen LogP contribution in [0.15, 0.2) is 94.1 Å². The van der Waals surface area contributed by atoms with Gasteiger partial charge in [0.05, 0.1) is 35.6 Å². The molecule has 3 heterocycles. The standard InChI is InChI=1S/C30H29N5O5S/c1-21-18-34(19-22(2)40-21)41(37,38)28-12-6-8-23(15-28)29-25(20-35(33-29)26-9-4-3-5-10-26)14-24(16-31)30(36)32-17-27-11-7-13-39-27/h3-15,20-22H,17-19H2,1-2H3,(H,32,36)/b24-14-. The van der Waals surface area contributed by atoms with Crippen LogP contribution in [-0.4, -0.2) is 53.7 Å². The topological polar surface area (TPSA) is 130 Å². The molecule has 11 heteroatoms. The van der Waals surface area contributed by atoms with E-state index in [1.165, 1.54) is 16.6 Å². The highest BCUT2D eigenvalue weighted by Gasteiger charge is 2.32. The van der Waals surface area contributed by atoms with Crippen molar-refractivity contribution in [2.75, 3.05) is 13.1 Å². The Bertz CT molecular complexity index is 1700. The maximum atomic E-state index is 13.6. The molecule has 0 aliphatic carbocycles. The molecule has 0 radical (unpaired) electrons. The average Bonchev–Trinajstić information content (AvgIpc) is 3.65. The highest BCUT2D eigenvalue weighted by Crippen LogP contribution is 2.29. The van der Waals surface area contributed by atoms with Crippen molar-refractivity contribution in [1.29, 1.82) is 5.26 Å². The Morgan fingerprint density at radius 3 is 2.54 bits per heavy atom. The molecule has 5 rings (SSSR count). The number of morpholine rings is 1. The lowest BCUT2D eigenvalue weighted by Crippen LogP contribution is -2.48. The minimum absolute atomic E-state index is 0.122. The Morgan fingerprint density at radius 2 is 1.85 bits per heavy atom. The van der Waals surface area contributed by atoms with Crippen LogP contribution >= 0.6 is 0 Å². The predicted octanol–water partition coefficient (Wildman–Crippen LogP) is 4.15. The third kappa shape index (κ3) is 6.30. The van der Waals surface area contributed by atoms with Gasteiger partial charge in [0.25, 0.3) is 5.91 Å². The molecule has 2 unspecified atom stereocenters. The van der Waals surface area contributed by atoms with Gasteiger partial charge in [-0.2, -0.15) is 14.7 Å². The van der Waals surface area contributed by atoms with E-state index in [-0.39, 0.29) is 42.3 Å². The van der Waals surface area contributed by atoms with E-state index in [1.807, 2.05) is 50.2 Å². The number of nitriles is 1. The van der Waals surface area contributed by atoms with Gasteiger partial charge in [-0.15, -0.1) is 0 Å². The van der Waals surface area contributed by atoms with E-state index < -0.39 is 15.9 Å². The Morgan fingerprint density at radius 1 is 1.10 bits per heavy atom. The molecule has 1 aliphatic heterocycles. The van der Waals surface area contributed by atoms with Crippen LogP contribution in [0.2, 0.25) is 0 Å². The van der Waals surface area contributed by atoms with Crippen molar-refractivity contribution in [2.45, 2.75) is 37.5 Å². The molecule has 2 aromatic carbocycles. The molecule has 0 spiro atoms. The predicted molar refractivity (Wildman–Crippen MR) is 152 cm³/mol. The molecule has 1 saturated heterocycles. The molecule has 10 nitrogen and oxygen atoms in total. The van der Waals surface area contributed by atoms with Crippen molar-refractivity contribution in [3.8, 4) is 23.0 Å². The first-order chi connectivity index (χ1) is 19.7. The molecule has 1 aliphatic rings. The van der Waals surface area contributed by atoms with Crippen LogP contribution in [0.1, 0.15) is 25.2 Å². The number of nitrogens with one attached hydrogen (secondary N) is 1. The summed E-state index contributed by atoms with van der Waals surface area (Å²) in [5.74, 6) is -0.0236. The minimum atomic E-state index is -3.81. The fourth-order valence-electron chi connectivity index (χ4n) is 4.69.